The molecule has 2 nitrogen and oxygen atoms in total. The molecule has 0 aromatic heterocycles. The van der Waals surface area contributed by atoms with Crippen molar-refractivity contribution in [2.24, 2.45) is 0 Å². The standard InChI is InChI=1S/C11H16F2N2/c1-8-4-5-9(12)11(10(8)13)15(3)7-6-14-2/h4-5,14H,6-7H2,1-3H3. The lowest BCUT2D eigenvalue weighted by molar-refractivity contribution is 0.570. The third-order valence-electron chi connectivity index (χ3n) is 2.34. The summed E-state index contributed by atoms with van der Waals surface area (Å²) in [5.41, 5.74) is 0.507. The number of benzene rings is 1. The maximum atomic E-state index is 13.6. The second-order valence-corrected chi connectivity index (χ2v) is 3.55. The molecule has 0 fully saturated rings. The maximum Gasteiger partial charge on any atom is 0.152 e. The molecule has 0 aliphatic heterocycles. The van der Waals surface area contributed by atoms with Gasteiger partial charge in [0, 0.05) is 20.1 Å². The Balaban J connectivity index is 2.96. The molecule has 0 spiro atoms. The monoisotopic (exact) mass is 214 g/mol. The number of nitrogens with one attached hydrogen (secondary N) is 1. The number of rotatable bonds is 4. The largest absolute Gasteiger partial charge is 0.369 e. The Kier molecular flexibility index (Phi) is 4.03. The van der Waals surface area contributed by atoms with Crippen LogP contribution in [0.5, 0.6) is 0 Å². The van der Waals surface area contributed by atoms with Gasteiger partial charge in [-0.2, -0.15) is 0 Å². The van der Waals surface area contributed by atoms with E-state index in [2.05, 4.69) is 5.32 Å². The number of hydrogen-bond donors (Lipinski definition) is 1. The molecular formula is C11H16F2N2. The fourth-order valence-corrected chi connectivity index (χ4v) is 1.38. The first kappa shape index (κ1) is 11.9. The summed E-state index contributed by atoms with van der Waals surface area (Å²) in [6.07, 6.45) is 0. The summed E-state index contributed by atoms with van der Waals surface area (Å²) in [6, 6.07) is 2.74. The van der Waals surface area contributed by atoms with E-state index in [1.165, 1.54) is 12.1 Å². The smallest absolute Gasteiger partial charge is 0.152 e. The van der Waals surface area contributed by atoms with Gasteiger partial charge in [0.15, 0.2) is 5.82 Å². The van der Waals surface area contributed by atoms with E-state index >= 15 is 0 Å². The van der Waals surface area contributed by atoms with E-state index in [9.17, 15) is 8.78 Å². The zero-order valence-corrected chi connectivity index (χ0v) is 9.27. The molecule has 4 heteroatoms. The van der Waals surface area contributed by atoms with Crippen molar-refractivity contribution >= 4 is 5.69 Å². The van der Waals surface area contributed by atoms with Gasteiger partial charge in [0.2, 0.25) is 0 Å². The highest BCUT2D eigenvalue weighted by atomic mass is 19.1. The summed E-state index contributed by atoms with van der Waals surface area (Å²) in [5.74, 6) is -0.995. The Morgan fingerprint density at radius 3 is 2.60 bits per heavy atom. The highest BCUT2D eigenvalue weighted by Gasteiger charge is 2.14. The van der Waals surface area contributed by atoms with E-state index in [0.717, 1.165) is 0 Å². The Labute approximate surface area is 88.9 Å². The Bertz CT molecular complexity index is 340. The van der Waals surface area contributed by atoms with E-state index in [0.29, 0.717) is 18.7 Å². The van der Waals surface area contributed by atoms with Crippen LogP contribution in [0.15, 0.2) is 12.1 Å². The number of likely N-dealkylation sites (N-methyl/N-ethyl adjacent to an activating group) is 2. The third kappa shape index (κ3) is 2.65. The second-order valence-electron chi connectivity index (χ2n) is 3.55. The van der Waals surface area contributed by atoms with Crippen LogP contribution in [0.2, 0.25) is 0 Å². The lowest BCUT2D eigenvalue weighted by Crippen LogP contribution is -2.28. The minimum absolute atomic E-state index is 0.0465. The van der Waals surface area contributed by atoms with Gasteiger partial charge in [0.05, 0.1) is 0 Å². The highest BCUT2D eigenvalue weighted by molar-refractivity contribution is 5.50. The molecule has 1 aromatic carbocycles. The lowest BCUT2D eigenvalue weighted by atomic mass is 10.2. The molecule has 0 saturated heterocycles. The minimum atomic E-state index is -0.517. The summed E-state index contributed by atoms with van der Waals surface area (Å²) < 4.78 is 27.0. The van der Waals surface area contributed by atoms with Gasteiger partial charge < -0.3 is 10.2 Å². The van der Waals surface area contributed by atoms with Crippen LogP contribution in [0.1, 0.15) is 5.56 Å². The quantitative estimate of drug-likeness (QED) is 0.823. The first-order valence-corrected chi connectivity index (χ1v) is 4.88. The van der Waals surface area contributed by atoms with Crippen molar-refractivity contribution in [2.75, 3.05) is 32.1 Å². The Morgan fingerprint density at radius 1 is 1.33 bits per heavy atom. The fourth-order valence-electron chi connectivity index (χ4n) is 1.38. The van der Waals surface area contributed by atoms with Gasteiger partial charge in [0.1, 0.15) is 11.5 Å². The van der Waals surface area contributed by atoms with Gasteiger partial charge in [-0.25, -0.2) is 8.78 Å². The van der Waals surface area contributed by atoms with E-state index in [1.54, 1.807) is 25.9 Å². The third-order valence-corrected chi connectivity index (χ3v) is 2.34. The van der Waals surface area contributed by atoms with Crippen molar-refractivity contribution in [3.05, 3.63) is 29.3 Å². The fraction of sp³-hybridized carbons (Fsp3) is 0.455. The molecule has 0 amide bonds. The van der Waals surface area contributed by atoms with Crippen molar-refractivity contribution in [2.45, 2.75) is 6.92 Å². The molecule has 1 rings (SSSR count). The zero-order chi connectivity index (χ0) is 11.4. The van der Waals surface area contributed by atoms with Crippen molar-refractivity contribution in [1.29, 1.82) is 0 Å². The van der Waals surface area contributed by atoms with Gasteiger partial charge in [0.25, 0.3) is 0 Å². The van der Waals surface area contributed by atoms with Crippen LogP contribution in [0.4, 0.5) is 14.5 Å². The zero-order valence-electron chi connectivity index (χ0n) is 9.27. The maximum absolute atomic E-state index is 13.6. The average molecular weight is 214 g/mol. The van der Waals surface area contributed by atoms with Gasteiger partial charge in [-0.3, -0.25) is 0 Å². The molecule has 1 aromatic rings. The van der Waals surface area contributed by atoms with E-state index in [1.807, 2.05) is 0 Å². The number of nitrogens with zero attached hydrogens (tertiary/aromatic N) is 1. The predicted octanol–water partition coefficient (Wildman–Crippen LogP) is 1.93. The van der Waals surface area contributed by atoms with E-state index in [-0.39, 0.29) is 5.69 Å². The van der Waals surface area contributed by atoms with Crippen LogP contribution in [0.25, 0.3) is 0 Å². The minimum Gasteiger partial charge on any atom is -0.369 e. The molecular weight excluding hydrogens is 198 g/mol. The Hall–Kier alpha value is -1.16. The summed E-state index contributed by atoms with van der Waals surface area (Å²) in [6.45, 7) is 2.88. The average Bonchev–Trinajstić information content (AvgIpc) is 2.21. The van der Waals surface area contributed by atoms with Crippen molar-refractivity contribution in [1.82, 2.24) is 5.32 Å². The van der Waals surface area contributed by atoms with Crippen molar-refractivity contribution in [3.63, 3.8) is 0 Å². The second kappa shape index (κ2) is 5.07. The molecule has 0 bridgehead atoms. The normalized spacial score (nSPS) is 10.5. The molecule has 84 valence electrons. The molecule has 0 unspecified atom stereocenters. The number of aryl methyl sites for hydroxylation is 1. The SMILES string of the molecule is CNCCN(C)c1c(F)ccc(C)c1F. The molecule has 0 radical (unpaired) electrons. The molecule has 0 atom stereocenters. The van der Waals surface area contributed by atoms with Gasteiger partial charge in [-0.15, -0.1) is 0 Å². The van der Waals surface area contributed by atoms with Gasteiger partial charge in [-0.05, 0) is 25.6 Å². The van der Waals surface area contributed by atoms with Crippen molar-refractivity contribution < 1.29 is 8.78 Å². The van der Waals surface area contributed by atoms with E-state index < -0.39 is 11.6 Å². The highest BCUT2D eigenvalue weighted by Crippen LogP contribution is 2.24. The number of anilines is 1. The number of hydrogen-bond acceptors (Lipinski definition) is 2. The molecule has 0 heterocycles. The number of halogens is 2. The van der Waals surface area contributed by atoms with Crippen LogP contribution < -0.4 is 10.2 Å². The summed E-state index contributed by atoms with van der Waals surface area (Å²) in [7, 11) is 3.48. The summed E-state index contributed by atoms with van der Waals surface area (Å²) in [4.78, 5) is 1.58. The first-order valence-electron chi connectivity index (χ1n) is 4.88. The van der Waals surface area contributed by atoms with Gasteiger partial charge >= 0.3 is 0 Å². The lowest BCUT2D eigenvalue weighted by Gasteiger charge is -2.21. The summed E-state index contributed by atoms with van der Waals surface area (Å²) >= 11 is 0. The first-order chi connectivity index (χ1) is 7.07. The predicted molar refractivity (Wildman–Crippen MR) is 58.3 cm³/mol. The van der Waals surface area contributed by atoms with Crippen LogP contribution >= 0.6 is 0 Å². The Morgan fingerprint density at radius 2 is 2.00 bits per heavy atom. The summed E-state index contributed by atoms with van der Waals surface area (Å²) in [5, 5.41) is 2.94. The van der Waals surface area contributed by atoms with Gasteiger partial charge in [-0.1, -0.05) is 6.07 Å². The molecule has 0 aliphatic carbocycles. The van der Waals surface area contributed by atoms with Crippen LogP contribution in [0.3, 0.4) is 0 Å². The topological polar surface area (TPSA) is 15.3 Å². The van der Waals surface area contributed by atoms with Crippen LogP contribution in [-0.2, 0) is 0 Å². The molecule has 0 saturated carbocycles. The van der Waals surface area contributed by atoms with Crippen molar-refractivity contribution in [3.8, 4) is 0 Å². The molecule has 1 N–H and O–H groups in total. The van der Waals surface area contributed by atoms with Crippen LogP contribution in [-0.4, -0.2) is 27.2 Å². The van der Waals surface area contributed by atoms with E-state index in [4.69, 9.17) is 0 Å². The van der Waals surface area contributed by atoms with Crippen LogP contribution in [0, 0.1) is 18.6 Å². The molecule has 15 heavy (non-hydrogen) atoms. The molecule has 0 aliphatic rings.